The molecule has 1 unspecified atom stereocenters. The van der Waals surface area contributed by atoms with Gasteiger partial charge in [0.25, 0.3) is 0 Å². The normalized spacial score (nSPS) is 21.2. The number of halogens is 1. The van der Waals surface area contributed by atoms with E-state index in [9.17, 15) is 0 Å². The van der Waals surface area contributed by atoms with Crippen LogP contribution in [0.3, 0.4) is 0 Å². The standard InChI is InChI=1S/C15H24ClN3/c1-11(17)12-6-7-15(14(16)9-12)19-8-4-5-13(19)10-18(2)3/h6-7,9,11,13H,4-5,8,10,17H2,1-3H3/t11-,13?/m1/s1. The van der Waals surface area contributed by atoms with Crippen LogP contribution in [0.2, 0.25) is 5.02 Å². The third-order valence-electron chi connectivity index (χ3n) is 3.76. The molecule has 1 aliphatic heterocycles. The van der Waals surface area contributed by atoms with Gasteiger partial charge in [-0.1, -0.05) is 17.7 Å². The Kier molecular flexibility index (Phi) is 4.71. The van der Waals surface area contributed by atoms with Crippen molar-refractivity contribution in [1.29, 1.82) is 0 Å². The molecule has 1 saturated heterocycles. The third-order valence-corrected chi connectivity index (χ3v) is 4.06. The third kappa shape index (κ3) is 3.41. The first kappa shape index (κ1) is 14.6. The van der Waals surface area contributed by atoms with Crippen molar-refractivity contribution >= 4 is 17.3 Å². The van der Waals surface area contributed by atoms with Crippen LogP contribution >= 0.6 is 11.6 Å². The summed E-state index contributed by atoms with van der Waals surface area (Å²) in [5.74, 6) is 0. The van der Waals surface area contributed by atoms with Gasteiger partial charge in [0.05, 0.1) is 10.7 Å². The molecule has 1 heterocycles. The summed E-state index contributed by atoms with van der Waals surface area (Å²) in [7, 11) is 4.24. The zero-order chi connectivity index (χ0) is 14.0. The summed E-state index contributed by atoms with van der Waals surface area (Å²) < 4.78 is 0. The van der Waals surface area contributed by atoms with Crippen LogP contribution in [0.15, 0.2) is 18.2 Å². The van der Waals surface area contributed by atoms with Gasteiger partial charge in [0.2, 0.25) is 0 Å². The zero-order valence-electron chi connectivity index (χ0n) is 12.1. The summed E-state index contributed by atoms with van der Waals surface area (Å²) in [4.78, 5) is 4.68. The number of hydrogen-bond acceptors (Lipinski definition) is 3. The average molecular weight is 282 g/mol. The highest BCUT2D eigenvalue weighted by Gasteiger charge is 2.26. The monoisotopic (exact) mass is 281 g/mol. The molecule has 3 nitrogen and oxygen atoms in total. The molecule has 0 radical (unpaired) electrons. The lowest BCUT2D eigenvalue weighted by atomic mass is 10.1. The molecule has 1 aromatic carbocycles. The highest BCUT2D eigenvalue weighted by atomic mass is 35.5. The van der Waals surface area contributed by atoms with Crippen molar-refractivity contribution in [1.82, 2.24) is 4.90 Å². The smallest absolute Gasteiger partial charge is 0.0643 e. The zero-order valence-corrected chi connectivity index (χ0v) is 12.8. The van der Waals surface area contributed by atoms with Gasteiger partial charge >= 0.3 is 0 Å². The minimum absolute atomic E-state index is 0.0303. The Balaban J connectivity index is 2.21. The minimum atomic E-state index is 0.0303. The number of nitrogens with two attached hydrogens (primary N) is 1. The Morgan fingerprint density at radius 1 is 1.47 bits per heavy atom. The van der Waals surface area contributed by atoms with Gasteiger partial charge in [-0.05, 0) is 51.6 Å². The lowest BCUT2D eigenvalue weighted by Gasteiger charge is -2.30. The fraction of sp³-hybridized carbons (Fsp3) is 0.600. The van der Waals surface area contributed by atoms with Crippen LogP contribution < -0.4 is 10.6 Å². The number of likely N-dealkylation sites (N-methyl/N-ethyl adjacent to an activating group) is 1. The first-order valence-corrected chi connectivity index (χ1v) is 7.33. The average Bonchev–Trinajstić information content (AvgIpc) is 2.75. The van der Waals surface area contributed by atoms with E-state index in [1.807, 2.05) is 13.0 Å². The van der Waals surface area contributed by atoms with Crippen LogP contribution in [0.1, 0.15) is 31.4 Å². The Morgan fingerprint density at radius 3 is 2.79 bits per heavy atom. The highest BCUT2D eigenvalue weighted by molar-refractivity contribution is 6.33. The van der Waals surface area contributed by atoms with Gasteiger partial charge in [0.1, 0.15) is 0 Å². The maximum atomic E-state index is 6.44. The Morgan fingerprint density at radius 2 is 2.21 bits per heavy atom. The first-order chi connectivity index (χ1) is 8.99. The molecule has 19 heavy (non-hydrogen) atoms. The second-order valence-corrected chi connectivity index (χ2v) is 6.16. The van der Waals surface area contributed by atoms with E-state index in [1.165, 1.54) is 12.8 Å². The molecule has 0 saturated carbocycles. The predicted octanol–water partition coefficient (Wildman–Crippen LogP) is 2.89. The molecule has 2 rings (SSSR count). The number of hydrogen-bond donors (Lipinski definition) is 1. The minimum Gasteiger partial charge on any atom is -0.366 e. The van der Waals surface area contributed by atoms with Crippen molar-refractivity contribution in [2.75, 3.05) is 32.1 Å². The van der Waals surface area contributed by atoms with Crippen molar-refractivity contribution in [2.24, 2.45) is 5.73 Å². The fourth-order valence-corrected chi connectivity index (χ4v) is 3.10. The molecule has 1 fully saturated rings. The molecular weight excluding hydrogens is 258 g/mol. The van der Waals surface area contributed by atoms with Crippen molar-refractivity contribution in [3.05, 3.63) is 28.8 Å². The molecule has 0 spiro atoms. The topological polar surface area (TPSA) is 32.5 Å². The van der Waals surface area contributed by atoms with Gasteiger partial charge in [-0.15, -0.1) is 0 Å². The molecule has 0 amide bonds. The summed E-state index contributed by atoms with van der Waals surface area (Å²) in [6.07, 6.45) is 2.48. The Bertz CT molecular complexity index is 431. The van der Waals surface area contributed by atoms with Crippen LogP contribution in [0.25, 0.3) is 0 Å². The SMILES string of the molecule is C[C@@H](N)c1ccc(N2CCCC2CN(C)C)c(Cl)c1. The van der Waals surface area contributed by atoms with Crippen molar-refractivity contribution < 1.29 is 0 Å². The first-order valence-electron chi connectivity index (χ1n) is 6.95. The molecule has 2 atom stereocenters. The fourth-order valence-electron chi connectivity index (χ4n) is 2.80. The number of rotatable bonds is 4. The Hall–Kier alpha value is -0.770. The number of anilines is 1. The predicted molar refractivity (Wildman–Crippen MR) is 83.0 cm³/mol. The van der Waals surface area contributed by atoms with Crippen molar-refractivity contribution in [3.63, 3.8) is 0 Å². The number of benzene rings is 1. The van der Waals surface area contributed by atoms with Crippen LogP contribution in [0.5, 0.6) is 0 Å². The van der Waals surface area contributed by atoms with Crippen LogP contribution in [-0.4, -0.2) is 38.1 Å². The largest absolute Gasteiger partial charge is 0.366 e. The second kappa shape index (κ2) is 6.12. The van der Waals surface area contributed by atoms with E-state index < -0.39 is 0 Å². The van der Waals surface area contributed by atoms with Gasteiger partial charge in [0, 0.05) is 25.2 Å². The van der Waals surface area contributed by atoms with Crippen LogP contribution in [0.4, 0.5) is 5.69 Å². The van der Waals surface area contributed by atoms with Crippen molar-refractivity contribution in [2.45, 2.75) is 31.8 Å². The van der Waals surface area contributed by atoms with E-state index in [0.717, 1.165) is 29.4 Å². The molecular formula is C15H24ClN3. The summed E-state index contributed by atoms with van der Waals surface area (Å²) in [6.45, 7) is 4.15. The molecule has 0 bridgehead atoms. The Labute approximate surface area is 121 Å². The number of nitrogens with zero attached hydrogens (tertiary/aromatic N) is 2. The van der Waals surface area contributed by atoms with Crippen LogP contribution in [0, 0.1) is 0 Å². The van der Waals surface area contributed by atoms with Gasteiger partial charge in [-0.2, -0.15) is 0 Å². The summed E-state index contributed by atoms with van der Waals surface area (Å²) in [5, 5.41) is 0.820. The van der Waals surface area contributed by atoms with Crippen LogP contribution in [-0.2, 0) is 0 Å². The van der Waals surface area contributed by atoms with Crippen molar-refractivity contribution in [3.8, 4) is 0 Å². The lowest BCUT2D eigenvalue weighted by molar-refractivity contribution is 0.372. The molecule has 1 aromatic rings. The lowest BCUT2D eigenvalue weighted by Crippen LogP contribution is -2.37. The van der Waals surface area contributed by atoms with E-state index in [2.05, 4.69) is 36.0 Å². The maximum absolute atomic E-state index is 6.44. The van der Waals surface area contributed by atoms with Gasteiger partial charge in [-0.25, -0.2) is 0 Å². The van der Waals surface area contributed by atoms with Gasteiger partial charge in [-0.3, -0.25) is 0 Å². The van der Waals surface area contributed by atoms with Gasteiger partial charge in [0.15, 0.2) is 0 Å². The van der Waals surface area contributed by atoms with E-state index >= 15 is 0 Å². The quantitative estimate of drug-likeness (QED) is 0.921. The van der Waals surface area contributed by atoms with Gasteiger partial charge < -0.3 is 15.5 Å². The van der Waals surface area contributed by atoms with E-state index in [-0.39, 0.29) is 6.04 Å². The molecule has 2 N–H and O–H groups in total. The summed E-state index contributed by atoms with van der Waals surface area (Å²) in [5.41, 5.74) is 8.14. The highest BCUT2D eigenvalue weighted by Crippen LogP contribution is 2.33. The molecule has 0 aliphatic carbocycles. The summed E-state index contributed by atoms with van der Waals surface area (Å²) in [6, 6.07) is 6.81. The molecule has 0 aromatic heterocycles. The van der Waals surface area contributed by atoms with E-state index in [0.29, 0.717) is 6.04 Å². The molecule has 106 valence electrons. The van der Waals surface area contributed by atoms with E-state index in [1.54, 1.807) is 0 Å². The molecule has 4 heteroatoms. The van der Waals surface area contributed by atoms with E-state index in [4.69, 9.17) is 17.3 Å². The summed E-state index contributed by atoms with van der Waals surface area (Å²) >= 11 is 6.44. The second-order valence-electron chi connectivity index (χ2n) is 5.75. The maximum Gasteiger partial charge on any atom is 0.0643 e. The molecule has 1 aliphatic rings.